The van der Waals surface area contributed by atoms with Crippen LogP contribution in [0.2, 0.25) is 0 Å². The third-order valence-corrected chi connectivity index (χ3v) is 6.49. The van der Waals surface area contributed by atoms with Crippen molar-refractivity contribution >= 4 is 21.6 Å². The van der Waals surface area contributed by atoms with Crippen molar-refractivity contribution in [2.75, 3.05) is 11.9 Å². The molecule has 144 valence electrons. The fourth-order valence-electron chi connectivity index (χ4n) is 3.23. The molecule has 27 heavy (non-hydrogen) atoms. The van der Waals surface area contributed by atoms with E-state index in [0.29, 0.717) is 25.1 Å². The molecule has 3 rings (SSSR count). The summed E-state index contributed by atoms with van der Waals surface area (Å²) in [5.41, 5.74) is 0.323. The van der Waals surface area contributed by atoms with Gasteiger partial charge < -0.3 is 5.32 Å². The summed E-state index contributed by atoms with van der Waals surface area (Å²) in [6, 6.07) is 9.67. The summed E-state index contributed by atoms with van der Waals surface area (Å²) < 4.78 is 53.5. The zero-order valence-corrected chi connectivity index (χ0v) is 15.4. The Bertz CT molecular complexity index is 917. The first-order valence-corrected chi connectivity index (χ1v) is 10.1. The van der Waals surface area contributed by atoms with Gasteiger partial charge in [0, 0.05) is 24.7 Å². The standard InChI is InChI=1S/C19H20F2N2O3S/c20-14-7-9-18(10-8-14)27(25,26)23-11-2-1-6-17(23)13-19(24)22-16-5-3-4-15(21)12-16/h3-5,7-10,12,17H,1-2,6,11,13H2,(H,22,24)/t17-/m1/s1. The second-order valence-electron chi connectivity index (χ2n) is 6.48. The molecule has 0 spiro atoms. The van der Waals surface area contributed by atoms with Crippen molar-refractivity contribution < 1.29 is 22.0 Å². The fraction of sp³-hybridized carbons (Fsp3) is 0.316. The molecule has 5 nitrogen and oxygen atoms in total. The minimum Gasteiger partial charge on any atom is -0.326 e. The topological polar surface area (TPSA) is 66.5 Å². The summed E-state index contributed by atoms with van der Waals surface area (Å²) in [4.78, 5) is 12.3. The van der Waals surface area contributed by atoms with Crippen LogP contribution in [0.3, 0.4) is 0 Å². The van der Waals surface area contributed by atoms with E-state index in [-0.39, 0.29) is 17.2 Å². The molecule has 0 bridgehead atoms. The number of carbonyl (C=O) groups excluding carboxylic acids is 1. The van der Waals surface area contributed by atoms with Crippen LogP contribution < -0.4 is 5.32 Å². The van der Waals surface area contributed by atoms with Gasteiger partial charge in [0.2, 0.25) is 15.9 Å². The number of rotatable bonds is 5. The van der Waals surface area contributed by atoms with Gasteiger partial charge >= 0.3 is 0 Å². The number of nitrogens with one attached hydrogen (secondary N) is 1. The molecule has 0 aromatic heterocycles. The maximum atomic E-state index is 13.2. The Kier molecular flexibility index (Phi) is 5.86. The van der Waals surface area contributed by atoms with Gasteiger partial charge in [-0.1, -0.05) is 12.5 Å². The lowest BCUT2D eigenvalue weighted by atomic mass is 10.0. The number of piperidine rings is 1. The third-order valence-electron chi connectivity index (χ3n) is 4.52. The Balaban J connectivity index is 1.75. The Labute approximate surface area is 157 Å². The molecule has 0 radical (unpaired) electrons. The predicted molar refractivity (Wildman–Crippen MR) is 97.6 cm³/mol. The minimum absolute atomic E-state index is 0.00124. The van der Waals surface area contributed by atoms with E-state index in [9.17, 15) is 22.0 Å². The van der Waals surface area contributed by atoms with Crippen molar-refractivity contribution in [3.05, 3.63) is 60.2 Å². The SMILES string of the molecule is O=C(C[C@H]1CCCCN1S(=O)(=O)c1ccc(F)cc1)Nc1cccc(F)c1. The highest BCUT2D eigenvalue weighted by atomic mass is 32.2. The van der Waals surface area contributed by atoms with Crippen LogP contribution >= 0.6 is 0 Å². The van der Waals surface area contributed by atoms with Gasteiger partial charge in [-0.05, 0) is 55.3 Å². The molecule has 2 aromatic carbocycles. The smallest absolute Gasteiger partial charge is 0.243 e. The molecule has 1 amide bonds. The van der Waals surface area contributed by atoms with E-state index in [2.05, 4.69) is 5.32 Å². The van der Waals surface area contributed by atoms with E-state index in [1.54, 1.807) is 6.07 Å². The van der Waals surface area contributed by atoms with Crippen molar-refractivity contribution in [3.8, 4) is 0 Å². The number of halogens is 2. The molecule has 1 saturated heterocycles. The van der Waals surface area contributed by atoms with E-state index in [1.807, 2.05) is 0 Å². The monoisotopic (exact) mass is 394 g/mol. The Morgan fingerprint density at radius 2 is 1.81 bits per heavy atom. The Morgan fingerprint density at radius 1 is 1.07 bits per heavy atom. The number of carbonyl (C=O) groups is 1. The van der Waals surface area contributed by atoms with Crippen molar-refractivity contribution in [3.63, 3.8) is 0 Å². The number of hydrogen-bond acceptors (Lipinski definition) is 3. The Morgan fingerprint density at radius 3 is 2.52 bits per heavy atom. The zero-order valence-electron chi connectivity index (χ0n) is 14.6. The molecule has 1 aliphatic rings. The van der Waals surface area contributed by atoms with Gasteiger partial charge in [-0.25, -0.2) is 17.2 Å². The van der Waals surface area contributed by atoms with E-state index in [1.165, 1.54) is 34.6 Å². The molecule has 0 unspecified atom stereocenters. The van der Waals surface area contributed by atoms with Gasteiger partial charge in [-0.2, -0.15) is 4.31 Å². The van der Waals surface area contributed by atoms with Gasteiger partial charge in [0.25, 0.3) is 0 Å². The first kappa shape index (κ1) is 19.4. The molecule has 0 saturated carbocycles. The largest absolute Gasteiger partial charge is 0.326 e. The number of nitrogens with zero attached hydrogens (tertiary/aromatic N) is 1. The minimum atomic E-state index is -3.83. The van der Waals surface area contributed by atoms with Crippen molar-refractivity contribution in [1.82, 2.24) is 4.31 Å². The summed E-state index contributed by atoms with van der Waals surface area (Å²) >= 11 is 0. The van der Waals surface area contributed by atoms with E-state index >= 15 is 0 Å². The normalized spacial score (nSPS) is 18.2. The first-order chi connectivity index (χ1) is 12.9. The zero-order chi connectivity index (χ0) is 19.4. The lowest BCUT2D eigenvalue weighted by molar-refractivity contribution is -0.117. The third kappa shape index (κ3) is 4.70. The van der Waals surface area contributed by atoms with Crippen molar-refractivity contribution in [1.29, 1.82) is 0 Å². The molecule has 1 aliphatic heterocycles. The van der Waals surface area contributed by atoms with Crippen molar-refractivity contribution in [2.45, 2.75) is 36.6 Å². The fourth-order valence-corrected chi connectivity index (χ4v) is 4.92. The van der Waals surface area contributed by atoms with E-state index in [4.69, 9.17) is 0 Å². The van der Waals surface area contributed by atoms with Gasteiger partial charge in [-0.15, -0.1) is 0 Å². The quantitative estimate of drug-likeness (QED) is 0.844. The highest BCUT2D eigenvalue weighted by Gasteiger charge is 2.34. The second-order valence-corrected chi connectivity index (χ2v) is 8.37. The average molecular weight is 394 g/mol. The van der Waals surface area contributed by atoms with Gasteiger partial charge in [0.1, 0.15) is 11.6 Å². The molecule has 2 aromatic rings. The molecular formula is C19H20F2N2O3S. The second kappa shape index (κ2) is 8.14. The maximum absolute atomic E-state index is 13.2. The number of hydrogen-bond donors (Lipinski definition) is 1. The van der Waals surface area contributed by atoms with Crippen LogP contribution in [-0.4, -0.2) is 31.2 Å². The van der Waals surface area contributed by atoms with Crippen LogP contribution in [0.1, 0.15) is 25.7 Å². The van der Waals surface area contributed by atoms with Crippen LogP contribution in [0.15, 0.2) is 53.4 Å². The highest BCUT2D eigenvalue weighted by Crippen LogP contribution is 2.27. The molecule has 8 heteroatoms. The summed E-state index contributed by atoms with van der Waals surface area (Å²) in [5, 5.41) is 2.60. The maximum Gasteiger partial charge on any atom is 0.243 e. The van der Waals surface area contributed by atoms with Crippen LogP contribution in [0.4, 0.5) is 14.5 Å². The van der Waals surface area contributed by atoms with Gasteiger partial charge in [0.05, 0.1) is 4.90 Å². The molecular weight excluding hydrogens is 374 g/mol. The molecule has 1 fully saturated rings. The van der Waals surface area contributed by atoms with Crippen LogP contribution in [0.25, 0.3) is 0 Å². The van der Waals surface area contributed by atoms with Gasteiger partial charge in [-0.3, -0.25) is 4.79 Å². The summed E-state index contributed by atoms with van der Waals surface area (Å²) in [7, 11) is -3.83. The van der Waals surface area contributed by atoms with Crippen LogP contribution in [0, 0.1) is 11.6 Å². The molecule has 1 N–H and O–H groups in total. The number of amides is 1. The van der Waals surface area contributed by atoms with Crippen LogP contribution in [0.5, 0.6) is 0 Å². The predicted octanol–water partition coefficient (Wildman–Crippen LogP) is 3.54. The first-order valence-electron chi connectivity index (χ1n) is 8.69. The van der Waals surface area contributed by atoms with Crippen molar-refractivity contribution in [2.24, 2.45) is 0 Å². The van der Waals surface area contributed by atoms with Gasteiger partial charge in [0.15, 0.2) is 0 Å². The average Bonchev–Trinajstić information content (AvgIpc) is 2.62. The number of benzene rings is 2. The summed E-state index contributed by atoms with van der Waals surface area (Å²) in [5.74, 6) is -1.36. The van der Waals surface area contributed by atoms with E-state index < -0.39 is 27.7 Å². The van der Waals surface area contributed by atoms with Crippen LogP contribution in [-0.2, 0) is 14.8 Å². The summed E-state index contributed by atoms with van der Waals surface area (Å²) in [6.07, 6.45) is 2.03. The Hall–Kier alpha value is -2.32. The molecule has 0 aliphatic carbocycles. The number of sulfonamides is 1. The lowest BCUT2D eigenvalue weighted by Crippen LogP contribution is -2.45. The number of anilines is 1. The highest BCUT2D eigenvalue weighted by molar-refractivity contribution is 7.89. The molecule has 1 atom stereocenters. The molecule has 1 heterocycles. The van der Waals surface area contributed by atoms with E-state index in [0.717, 1.165) is 18.6 Å². The summed E-state index contributed by atoms with van der Waals surface area (Å²) in [6.45, 7) is 0.303. The lowest BCUT2D eigenvalue weighted by Gasteiger charge is -2.34.